The maximum atomic E-state index is 11.3. The van der Waals surface area contributed by atoms with Crippen LogP contribution in [0.1, 0.15) is 28.4 Å². The fourth-order valence-corrected chi connectivity index (χ4v) is 3.13. The first kappa shape index (κ1) is 15.1. The second kappa shape index (κ2) is 6.01. The molecule has 0 bridgehead atoms. The van der Waals surface area contributed by atoms with Gasteiger partial charge in [0, 0.05) is 23.7 Å². The molecule has 1 aromatic heterocycles. The summed E-state index contributed by atoms with van der Waals surface area (Å²) in [5.41, 5.74) is 0.887. The van der Waals surface area contributed by atoms with Crippen molar-refractivity contribution in [3.63, 3.8) is 0 Å². The monoisotopic (exact) mass is 311 g/mol. The van der Waals surface area contributed by atoms with Gasteiger partial charge in [-0.25, -0.2) is 18.5 Å². The van der Waals surface area contributed by atoms with Crippen molar-refractivity contribution in [3.8, 4) is 0 Å². The van der Waals surface area contributed by atoms with Crippen LogP contribution in [0.15, 0.2) is 35.4 Å². The molecule has 0 aliphatic rings. The Labute approximate surface area is 122 Å². The minimum absolute atomic E-state index is 0.0270. The van der Waals surface area contributed by atoms with E-state index < -0.39 is 10.0 Å². The minimum atomic E-state index is -3.66. The summed E-state index contributed by atoms with van der Waals surface area (Å²) in [6, 6.07) is 6.70. The topological polar surface area (TPSA) is 85.1 Å². The second-order valence-corrected chi connectivity index (χ2v) is 7.45. The normalized spacial score (nSPS) is 13.3. The Morgan fingerprint density at radius 1 is 1.45 bits per heavy atom. The Bertz CT molecular complexity index is 695. The second-order valence-electron chi connectivity index (χ2n) is 4.57. The van der Waals surface area contributed by atoms with Crippen molar-refractivity contribution < 1.29 is 8.42 Å². The molecule has 0 aliphatic heterocycles. The van der Waals surface area contributed by atoms with Gasteiger partial charge in [-0.05, 0) is 31.5 Å². The highest BCUT2D eigenvalue weighted by atomic mass is 32.2. The van der Waals surface area contributed by atoms with E-state index in [1.165, 1.54) is 6.07 Å². The van der Waals surface area contributed by atoms with E-state index in [0.29, 0.717) is 6.54 Å². The number of thiazole rings is 1. The quantitative estimate of drug-likeness (QED) is 0.884. The fourth-order valence-electron chi connectivity index (χ4n) is 1.82. The molecule has 0 saturated heterocycles. The van der Waals surface area contributed by atoms with Gasteiger partial charge in [0.25, 0.3) is 0 Å². The summed E-state index contributed by atoms with van der Waals surface area (Å²) >= 11 is 1.64. The van der Waals surface area contributed by atoms with E-state index in [1.54, 1.807) is 23.5 Å². The predicted molar refractivity (Wildman–Crippen MR) is 79.9 cm³/mol. The highest BCUT2D eigenvalue weighted by Gasteiger charge is 2.11. The lowest BCUT2D eigenvalue weighted by Crippen LogP contribution is -2.18. The molecule has 1 unspecified atom stereocenters. The van der Waals surface area contributed by atoms with Crippen molar-refractivity contribution in [1.82, 2.24) is 10.3 Å². The van der Waals surface area contributed by atoms with Crippen molar-refractivity contribution in [1.29, 1.82) is 0 Å². The maximum absolute atomic E-state index is 11.3. The van der Waals surface area contributed by atoms with Gasteiger partial charge in [0.05, 0.1) is 9.90 Å². The molecule has 1 atom stereocenters. The number of aromatic nitrogens is 1. The van der Waals surface area contributed by atoms with Crippen LogP contribution in [0.3, 0.4) is 0 Å². The summed E-state index contributed by atoms with van der Waals surface area (Å²) in [4.78, 5) is 5.48. The summed E-state index contributed by atoms with van der Waals surface area (Å²) in [5.74, 6) is 0. The molecule has 0 saturated carbocycles. The molecule has 0 radical (unpaired) electrons. The van der Waals surface area contributed by atoms with Crippen molar-refractivity contribution >= 4 is 21.4 Å². The van der Waals surface area contributed by atoms with Gasteiger partial charge in [0.1, 0.15) is 0 Å². The molecule has 2 rings (SSSR count). The number of sulfonamides is 1. The third-order valence-corrected chi connectivity index (χ3v) is 4.76. The van der Waals surface area contributed by atoms with Gasteiger partial charge < -0.3 is 5.32 Å². The number of primary sulfonamides is 1. The Kier molecular flexibility index (Phi) is 4.54. The van der Waals surface area contributed by atoms with E-state index in [1.807, 2.05) is 26.1 Å². The number of hydrogen-bond donors (Lipinski definition) is 2. The zero-order chi connectivity index (χ0) is 14.8. The van der Waals surface area contributed by atoms with E-state index in [2.05, 4.69) is 10.3 Å². The number of nitrogens with two attached hydrogens (primary N) is 1. The first-order valence-electron chi connectivity index (χ1n) is 6.14. The van der Waals surface area contributed by atoms with Crippen LogP contribution in [0.2, 0.25) is 0 Å². The molecule has 0 spiro atoms. The van der Waals surface area contributed by atoms with Gasteiger partial charge in [-0.15, -0.1) is 11.3 Å². The van der Waals surface area contributed by atoms with Crippen molar-refractivity contribution in [2.75, 3.05) is 0 Å². The Balaban J connectivity index is 2.07. The molecular weight excluding hydrogens is 294 g/mol. The molecular formula is C13H17N3O2S2. The van der Waals surface area contributed by atoms with Gasteiger partial charge in [0.2, 0.25) is 10.0 Å². The van der Waals surface area contributed by atoms with E-state index in [-0.39, 0.29) is 10.9 Å². The molecule has 7 heteroatoms. The first-order valence-corrected chi connectivity index (χ1v) is 8.50. The number of benzene rings is 1. The van der Waals surface area contributed by atoms with Crippen LogP contribution in [0, 0.1) is 6.92 Å². The molecule has 1 heterocycles. The molecule has 20 heavy (non-hydrogen) atoms. The van der Waals surface area contributed by atoms with Crippen molar-refractivity contribution in [3.05, 3.63) is 45.9 Å². The summed E-state index contributed by atoms with van der Waals surface area (Å²) < 4.78 is 22.7. The van der Waals surface area contributed by atoms with E-state index in [0.717, 1.165) is 15.4 Å². The van der Waals surface area contributed by atoms with Crippen LogP contribution in [0.25, 0.3) is 0 Å². The molecule has 5 nitrogen and oxygen atoms in total. The zero-order valence-corrected chi connectivity index (χ0v) is 13.0. The molecule has 0 amide bonds. The zero-order valence-electron chi connectivity index (χ0n) is 11.3. The van der Waals surface area contributed by atoms with Crippen molar-refractivity contribution in [2.45, 2.75) is 31.3 Å². The molecule has 0 fully saturated rings. The maximum Gasteiger partial charge on any atom is 0.238 e. The van der Waals surface area contributed by atoms with Crippen molar-refractivity contribution in [2.24, 2.45) is 5.14 Å². The molecule has 3 N–H and O–H groups in total. The third-order valence-electron chi connectivity index (χ3n) is 2.94. The van der Waals surface area contributed by atoms with Gasteiger partial charge in [-0.2, -0.15) is 0 Å². The van der Waals surface area contributed by atoms with Crippen LogP contribution >= 0.6 is 11.3 Å². The number of nitrogens with one attached hydrogen (secondary N) is 1. The van der Waals surface area contributed by atoms with Gasteiger partial charge in [-0.1, -0.05) is 12.1 Å². The average Bonchev–Trinajstić information content (AvgIpc) is 2.81. The molecule has 0 aliphatic carbocycles. The van der Waals surface area contributed by atoms with Crippen LogP contribution in [0.4, 0.5) is 0 Å². The summed E-state index contributed by atoms with van der Waals surface area (Å²) in [6.07, 6.45) is 1.85. The highest BCUT2D eigenvalue weighted by molar-refractivity contribution is 7.89. The number of nitrogens with zero attached hydrogens (tertiary/aromatic N) is 1. The summed E-state index contributed by atoms with van der Waals surface area (Å²) in [6.45, 7) is 4.65. The van der Waals surface area contributed by atoms with Gasteiger partial charge in [-0.3, -0.25) is 0 Å². The Hall–Kier alpha value is -1.28. The number of rotatable bonds is 5. The standard InChI is InChI=1S/C13H17N3O2S2/c1-9(15-7-12-8-16-10(2)19-12)11-4-3-5-13(6-11)20(14,17)18/h3-6,8-9,15H,7H2,1-2H3,(H2,14,17,18). The average molecular weight is 311 g/mol. The predicted octanol–water partition coefficient (Wildman–Crippen LogP) is 1.95. The van der Waals surface area contributed by atoms with Crippen LogP contribution < -0.4 is 10.5 Å². The minimum Gasteiger partial charge on any atom is -0.305 e. The number of hydrogen-bond acceptors (Lipinski definition) is 5. The summed E-state index contributed by atoms with van der Waals surface area (Å²) in [7, 11) is -3.66. The lowest BCUT2D eigenvalue weighted by atomic mass is 10.1. The lowest BCUT2D eigenvalue weighted by Gasteiger charge is -2.14. The lowest BCUT2D eigenvalue weighted by molar-refractivity contribution is 0.575. The largest absolute Gasteiger partial charge is 0.305 e. The van der Waals surface area contributed by atoms with E-state index in [9.17, 15) is 8.42 Å². The molecule has 2 aromatic rings. The van der Waals surface area contributed by atoms with Gasteiger partial charge >= 0.3 is 0 Å². The molecule has 108 valence electrons. The smallest absolute Gasteiger partial charge is 0.238 e. The van der Waals surface area contributed by atoms with Crippen LogP contribution in [0.5, 0.6) is 0 Å². The SMILES string of the molecule is Cc1ncc(CNC(C)c2cccc(S(N)(=O)=O)c2)s1. The highest BCUT2D eigenvalue weighted by Crippen LogP contribution is 2.18. The Morgan fingerprint density at radius 2 is 2.20 bits per heavy atom. The third kappa shape index (κ3) is 3.86. The summed E-state index contributed by atoms with van der Waals surface area (Å²) in [5, 5.41) is 9.51. The van der Waals surface area contributed by atoms with Gasteiger partial charge in [0.15, 0.2) is 0 Å². The van der Waals surface area contributed by atoms with E-state index in [4.69, 9.17) is 5.14 Å². The fraction of sp³-hybridized carbons (Fsp3) is 0.308. The van der Waals surface area contributed by atoms with Crippen LogP contribution in [-0.2, 0) is 16.6 Å². The first-order chi connectivity index (χ1) is 9.36. The Morgan fingerprint density at radius 3 is 2.80 bits per heavy atom. The number of aryl methyl sites for hydroxylation is 1. The van der Waals surface area contributed by atoms with Crippen LogP contribution in [-0.4, -0.2) is 13.4 Å². The molecule has 1 aromatic carbocycles. The van der Waals surface area contributed by atoms with E-state index >= 15 is 0 Å².